The lowest BCUT2D eigenvalue weighted by Gasteiger charge is -2.18. The number of nitrogens with one attached hydrogen (secondary N) is 1. The van der Waals surface area contributed by atoms with Crippen molar-refractivity contribution < 1.29 is 56.2 Å². The highest BCUT2D eigenvalue weighted by Crippen LogP contribution is 2.34. The molecular weight excluding hydrogens is 872 g/mol. The largest absolute Gasteiger partial charge is 0.778 e. The predicted octanol–water partition coefficient (Wildman–Crippen LogP) is 4.74. The van der Waals surface area contributed by atoms with Crippen molar-refractivity contribution in [3.05, 3.63) is 67.4 Å². The molecule has 0 bridgehead atoms. The summed E-state index contributed by atoms with van der Waals surface area (Å²) in [6.07, 6.45) is 7.68. The molecular formula is C35H47Cl3N3O13PS2. The van der Waals surface area contributed by atoms with Gasteiger partial charge >= 0.3 is 11.7 Å². The molecule has 1 unspecified atom stereocenters. The van der Waals surface area contributed by atoms with Gasteiger partial charge in [-0.1, -0.05) is 55.6 Å². The third-order valence-electron chi connectivity index (χ3n) is 6.76. The Morgan fingerprint density at radius 1 is 1.05 bits per heavy atom. The summed E-state index contributed by atoms with van der Waals surface area (Å²) in [7, 11) is -7.15. The van der Waals surface area contributed by atoms with Crippen LogP contribution in [0.2, 0.25) is 15.1 Å². The van der Waals surface area contributed by atoms with Crippen LogP contribution in [0.15, 0.2) is 44.4 Å². The molecule has 0 spiro atoms. The number of nitrogens with zero attached hydrogens (tertiary/aromatic N) is 2. The molecule has 0 aliphatic heterocycles. The smallest absolute Gasteiger partial charge is 0.442 e. The number of carboxylic acid groups (broad SMARTS) is 1. The minimum atomic E-state index is -4.35. The van der Waals surface area contributed by atoms with E-state index >= 15 is 0 Å². The maximum absolute atomic E-state index is 12.3. The number of Topliss-reactive ketones (excluding diaryl/α,β-unsaturated/α-hetero) is 3. The van der Waals surface area contributed by atoms with Gasteiger partial charge in [-0.2, -0.15) is 4.68 Å². The van der Waals surface area contributed by atoms with E-state index in [-0.39, 0.29) is 44.9 Å². The molecule has 1 atom stereocenters. The molecule has 2 aromatic carbocycles. The molecule has 1 heterocycles. The van der Waals surface area contributed by atoms with E-state index in [4.69, 9.17) is 54.0 Å². The number of carbonyl (C=O) groups is 4. The standard InChI is InChI=1S/C15H18Cl2N2O3.C14H13ClO5S.C3H8NO5P.C3H9S/c1-8(2)21-12-7-11(9(16)6-10(12)17)19-14(20)22-13(18-19)15(3,4)5;1-21(19,20)8-5-6-9(10(15)7-8)14(18)13-11(16)3-2-4-12(13)17;5-3(6)1-4-2-10(7,8)9;1-4(2)3/h6-8H,1-5H3;5-7,13H,2-4H2,1H3;4H,1-2H2,(H,5,6)(H2,7,8,9);1-3H3/q;;;+1/p-1. The first kappa shape index (κ1) is 52.0. The van der Waals surface area contributed by atoms with Gasteiger partial charge in [-0.05, 0) is 55.4 Å². The molecule has 57 heavy (non-hydrogen) atoms. The van der Waals surface area contributed by atoms with E-state index in [1.165, 1.54) is 18.2 Å². The fourth-order valence-corrected chi connectivity index (χ4v) is 6.23. The van der Waals surface area contributed by atoms with E-state index in [2.05, 4.69) is 23.9 Å². The number of aromatic nitrogens is 2. The Balaban J connectivity index is 0.000000432. The molecule has 0 saturated heterocycles. The van der Waals surface area contributed by atoms with E-state index in [0.717, 1.165) is 17.0 Å². The lowest BCUT2D eigenvalue weighted by molar-refractivity contribution is -0.193. The van der Waals surface area contributed by atoms with Crippen LogP contribution in [0.25, 0.3) is 5.69 Å². The minimum Gasteiger partial charge on any atom is -0.778 e. The normalized spacial score (nSPS) is 14.4. The molecule has 1 aromatic heterocycles. The van der Waals surface area contributed by atoms with Crippen LogP contribution in [0.1, 0.15) is 70.1 Å². The van der Waals surface area contributed by atoms with Gasteiger partial charge in [-0.25, -0.2) is 13.2 Å². The molecule has 1 fully saturated rings. The average Bonchev–Trinajstić information content (AvgIpc) is 3.43. The van der Waals surface area contributed by atoms with Crippen molar-refractivity contribution >= 4 is 86.4 Å². The summed E-state index contributed by atoms with van der Waals surface area (Å²) in [5.74, 6) is -3.79. The zero-order valence-corrected chi connectivity index (χ0v) is 37.5. The monoisotopic (exact) mass is 917 g/mol. The molecule has 3 aromatic rings. The summed E-state index contributed by atoms with van der Waals surface area (Å²) in [4.78, 5) is 75.7. The van der Waals surface area contributed by atoms with Crippen LogP contribution in [0.4, 0.5) is 0 Å². The molecule has 4 rings (SSSR count). The Labute approximate surface area is 349 Å². The van der Waals surface area contributed by atoms with Crippen LogP contribution >= 0.6 is 42.4 Å². The van der Waals surface area contributed by atoms with Crippen LogP contribution < -0.4 is 20.7 Å². The van der Waals surface area contributed by atoms with Crippen LogP contribution in [0.5, 0.6) is 5.75 Å². The highest BCUT2D eigenvalue weighted by molar-refractivity contribution is 7.94. The van der Waals surface area contributed by atoms with Crippen LogP contribution in [-0.2, 0) is 45.1 Å². The van der Waals surface area contributed by atoms with Gasteiger partial charge < -0.3 is 28.6 Å². The minimum absolute atomic E-state index is 0.00216. The molecule has 0 radical (unpaired) electrons. The molecule has 1 aliphatic carbocycles. The van der Waals surface area contributed by atoms with Crippen molar-refractivity contribution in [2.24, 2.45) is 5.92 Å². The summed E-state index contributed by atoms with van der Waals surface area (Å²) in [6.45, 7) is 8.99. The molecule has 3 N–H and O–H groups in total. The zero-order valence-electron chi connectivity index (χ0n) is 32.8. The number of hydrogen-bond acceptors (Lipinski definition) is 13. The van der Waals surface area contributed by atoms with Crippen molar-refractivity contribution in [3.63, 3.8) is 0 Å². The van der Waals surface area contributed by atoms with Crippen molar-refractivity contribution in [1.82, 2.24) is 15.1 Å². The summed E-state index contributed by atoms with van der Waals surface area (Å²) >= 11 is 18.2. The molecule has 318 valence electrons. The first-order valence-corrected chi connectivity index (χ1v) is 24.0. The number of halogens is 3. The zero-order chi connectivity index (χ0) is 44.2. The quantitative estimate of drug-likeness (QED) is 0.108. The molecule has 0 amide bonds. The highest BCUT2D eigenvalue weighted by Gasteiger charge is 2.37. The SMILES string of the molecule is CC(C)Oc1cc(-n2nc(C(C)(C)C)oc2=O)c(Cl)cc1Cl.CS(=O)(=O)c1ccc(C(=O)C2C(=O)CCCC2=O)c(Cl)c1.C[S+](C)C.O=C(O)CNCP(=O)([O-])O. The Kier molecular flexibility index (Phi) is 20.4. The number of carbonyl (C=O) groups excluding carboxylic acids is 3. The van der Waals surface area contributed by atoms with Gasteiger partial charge in [0.25, 0.3) is 0 Å². The van der Waals surface area contributed by atoms with Gasteiger partial charge in [0.05, 0.1) is 63.4 Å². The molecule has 1 aliphatic rings. The number of hydrogen-bond donors (Lipinski definition) is 3. The van der Waals surface area contributed by atoms with Crippen molar-refractivity contribution in [1.29, 1.82) is 0 Å². The topological polar surface area (TPSA) is 252 Å². The Morgan fingerprint density at radius 2 is 1.60 bits per heavy atom. The summed E-state index contributed by atoms with van der Waals surface area (Å²) in [6, 6.07) is 6.75. The average molecular weight is 919 g/mol. The van der Waals surface area contributed by atoms with Gasteiger partial charge in [-0.3, -0.25) is 24.5 Å². The van der Waals surface area contributed by atoms with E-state index in [1.807, 2.05) is 39.9 Å². The summed E-state index contributed by atoms with van der Waals surface area (Å²) in [5, 5.41) is 14.8. The van der Waals surface area contributed by atoms with E-state index in [9.17, 15) is 41.8 Å². The lowest BCUT2D eigenvalue weighted by Crippen LogP contribution is -2.35. The second kappa shape index (κ2) is 22.3. The first-order valence-electron chi connectivity index (χ1n) is 16.8. The van der Waals surface area contributed by atoms with Crippen LogP contribution in [-0.4, -0.2) is 95.5 Å². The maximum Gasteiger partial charge on any atom is 0.442 e. The van der Waals surface area contributed by atoms with Crippen molar-refractivity contribution in [2.75, 3.05) is 37.9 Å². The second-order valence-electron chi connectivity index (χ2n) is 14.1. The fourth-order valence-electron chi connectivity index (χ4n) is 4.34. The molecule has 16 nitrogen and oxygen atoms in total. The first-order chi connectivity index (χ1) is 26.0. The van der Waals surface area contributed by atoms with E-state index in [1.54, 1.807) is 6.07 Å². The van der Waals surface area contributed by atoms with Gasteiger partial charge in [0.1, 0.15) is 19.3 Å². The van der Waals surface area contributed by atoms with Crippen LogP contribution in [0.3, 0.4) is 0 Å². The Morgan fingerprint density at radius 3 is 2.02 bits per heavy atom. The number of carboxylic acids is 1. The van der Waals surface area contributed by atoms with Gasteiger partial charge in [0.15, 0.2) is 27.2 Å². The van der Waals surface area contributed by atoms with E-state index in [0.29, 0.717) is 39.7 Å². The second-order valence-corrected chi connectivity index (χ2v) is 21.4. The number of sulfone groups is 1. The molecule has 22 heteroatoms. The molecule has 1 saturated carbocycles. The maximum atomic E-state index is 12.3. The van der Waals surface area contributed by atoms with Crippen molar-refractivity contribution in [3.8, 4) is 11.4 Å². The summed E-state index contributed by atoms with van der Waals surface area (Å²) in [5.41, 5.74) is -0.0238. The Hall–Kier alpha value is -3.06. The predicted molar refractivity (Wildman–Crippen MR) is 218 cm³/mol. The third-order valence-corrected chi connectivity index (χ3v) is 9.40. The van der Waals surface area contributed by atoms with Gasteiger partial charge in [0, 0.05) is 36.1 Å². The third kappa shape index (κ3) is 18.2. The highest BCUT2D eigenvalue weighted by atomic mass is 35.5. The number of rotatable bonds is 10. The number of ketones is 3. The van der Waals surface area contributed by atoms with Crippen molar-refractivity contribution in [2.45, 2.75) is 70.3 Å². The lowest BCUT2D eigenvalue weighted by atomic mass is 9.82. The fraction of sp³-hybridized carbons (Fsp3) is 0.486. The number of ether oxygens (including phenoxy) is 1. The van der Waals surface area contributed by atoms with Gasteiger partial charge in [-0.15, -0.1) is 5.10 Å². The number of benzene rings is 2. The van der Waals surface area contributed by atoms with Crippen LogP contribution in [0, 0.1) is 5.92 Å². The Bertz CT molecular complexity index is 2110. The summed E-state index contributed by atoms with van der Waals surface area (Å²) < 4.78 is 44.7. The van der Waals surface area contributed by atoms with E-state index < -0.39 is 65.3 Å². The number of aliphatic carboxylic acids is 1. The van der Waals surface area contributed by atoms with Gasteiger partial charge in [0.2, 0.25) is 5.89 Å².